The van der Waals surface area contributed by atoms with Crippen molar-refractivity contribution in [2.75, 3.05) is 6.61 Å². The molecule has 9 heavy (non-hydrogen) atoms. The van der Waals surface area contributed by atoms with Crippen LogP contribution in [0.3, 0.4) is 0 Å². The molecular formula is C7H16OSi. The van der Waals surface area contributed by atoms with Crippen LogP contribution in [0.2, 0.25) is 12.6 Å². The molecule has 54 valence electrons. The van der Waals surface area contributed by atoms with Crippen molar-refractivity contribution < 1.29 is 4.43 Å². The Balaban J connectivity index is 3.04. The highest BCUT2D eigenvalue weighted by molar-refractivity contribution is 6.50. The summed E-state index contributed by atoms with van der Waals surface area (Å²) in [5.74, 6) is 0. The predicted octanol–water partition coefficient (Wildman–Crippen LogP) is 1.95. The maximum absolute atomic E-state index is 5.44. The lowest BCUT2D eigenvalue weighted by Crippen LogP contribution is -2.11. The maximum Gasteiger partial charge on any atom is 0.174 e. The second kappa shape index (κ2) is 6.04. The molecule has 0 aromatic rings. The lowest BCUT2D eigenvalue weighted by Gasteiger charge is -2.06. The monoisotopic (exact) mass is 144 g/mol. The molecule has 0 aliphatic rings. The molecule has 0 fully saturated rings. The molecule has 0 N–H and O–H groups in total. The minimum absolute atomic E-state index is 0.791. The van der Waals surface area contributed by atoms with E-state index >= 15 is 0 Å². The Bertz CT molecular complexity index is 73.3. The average molecular weight is 144 g/mol. The van der Waals surface area contributed by atoms with E-state index in [-0.39, 0.29) is 0 Å². The van der Waals surface area contributed by atoms with Crippen molar-refractivity contribution in [3.63, 3.8) is 0 Å². The fraction of sp³-hybridized carbons (Fsp3) is 0.714. The first-order chi connectivity index (χ1) is 4.31. The van der Waals surface area contributed by atoms with Crippen LogP contribution >= 0.6 is 0 Å². The van der Waals surface area contributed by atoms with Crippen LogP contribution in [0.5, 0.6) is 0 Å². The summed E-state index contributed by atoms with van der Waals surface area (Å²) in [6, 6.07) is 1.23. The van der Waals surface area contributed by atoms with Gasteiger partial charge in [-0.2, -0.15) is 0 Å². The van der Waals surface area contributed by atoms with Crippen LogP contribution in [0.25, 0.3) is 0 Å². The molecule has 0 saturated heterocycles. The van der Waals surface area contributed by atoms with Crippen molar-refractivity contribution in [2.45, 2.75) is 25.9 Å². The van der Waals surface area contributed by atoms with E-state index in [1.807, 2.05) is 6.08 Å². The Labute approximate surface area is 59.5 Å². The lowest BCUT2D eigenvalue weighted by molar-refractivity contribution is 0.346. The van der Waals surface area contributed by atoms with Gasteiger partial charge >= 0.3 is 0 Å². The van der Waals surface area contributed by atoms with Crippen LogP contribution in [0.4, 0.5) is 0 Å². The van der Waals surface area contributed by atoms with Crippen LogP contribution in [-0.2, 0) is 4.43 Å². The summed E-state index contributed by atoms with van der Waals surface area (Å²) < 4.78 is 5.44. The van der Waals surface area contributed by atoms with Gasteiger partial charge in [0.15, 0.2) is 9.04 Å². The largest absolute Gasteiger partial charge is 0.421 e. The van der Waals surface area contributed by atoms with Gasteiger partial charge < -0.3 is 4.43 Å². The molecule has 0 aromatic carbocycles. The first kappa shape index (κ1) is 8.92. The van der Waals surface area contributed by atoms with Gasteiger partial charge in [0.05, 0.1) is 0 Å². The van der Waals surface area contributed by atoms with Gasteiger partial charge in [-0.3, -0.25) is 0 Å². The summed E-state index contributed by atoms with van der Waals surface area (Å²) in [5, 5.41) is 0. The summed E-state index contributed by atoms with van der Waals surface area (Å²) in [7, 11) is -0.791. The second-order valence-corrected chi connectivity index (χ2v) is 4.66. The van der Waals surface area contributed by atoms with Gasteiger partial charge in [-0.1, -0.05) is 6.08 Å². The normalized spacial score (nSPS) is 13.1. The van der Waals surface area contributed by atoms with Gasteiger partial charge in [-0.15, -0.1) is 6.58 Å². The van der Waals surface area contributed by atoms with E-state index < -0.39 is 9.04 Å². The summed E-state index contributed by atoms with van der Waals surface area (Å²) in [4.78, 5) is 0. The third-order valence-corrected chi connectivity index (χ3v) is 3.28. The van der Waals surface area contributed by atoms with Crippen molar-refractivity contribution in [3.05, 3.63) is 12.7 Å². The minimum atomic E-state index is -0.791. The Hall–Kier alpha value is -0.0831. The van der Waals surface area contributed by atoms with Gasteiger partial charge in [-0.05, 0) is 25.9 Å². The minimum Gasteiger partial charge on any atom is -0.421 e. The fourth-order valence-corrected chi connectivity index (χ4v) is 2.16. The van der Waals surface area contributed by atoms with Crippen LogP contribution in [0.15, 0.2) is 12.7 Å². The molecule has 2 heteroatoms. The van der Waals surface area contributed by atoms with E-state index in [9.17, 15) is 0 Å². The SMILES string of the molecule is C=CCC[SiH](C)OCC. The zero-order valence-corrected chi connectivity index (χ0v) is 7.55. The molecule has 1 unspecified atom stereocenters. The first-order valence-corrected chi connectivity index (χ1v) is 5.98. The van der Waals surface area contributed by atoms with E-state index in [1.54, 1.807) is 0 Å². The van der Waals surface area contributed by atoms with Crippen LogP contribution in [-0.4, -0.2) is 15.6 Å². The number of hydrogen-bond acceptors (Lipinski definition) is 1. The molecule has 0 heterocycles. The summed E-state index contributed by atoms with van der Waals surface area (Å²) in [5.41, 5.74) is 0. The van der Waals surface area contributed by atoms with E-state index in [0.29, 0.717) is 0 Å². The zero-order valence-electron chi connectivity index (χ0n) is 6.39. The quantitative estimate of drug-likeness (QED) is 0.423. The molecule has 0 saturated carbocycles. The van der Waals surface area contributed by atoms with Gasteiger partial charge in [0, 0.05) is 6.61 Å². The van der Waals surface area contributed by atoms with E-state index in [1.165, 1.54) is 6.04 Å². The average Bonchev–Trinajstić information content (AvgIpc) is 1.85. The molecule has 0 aliphatic heterocycles. The Morgan fingerprint density at radius 2 is 2.33 bits per heavy atom. The third kappa shape index (κ3) is 5.79. The summed E-state index contributed by atoms with van der Waals surface area (Å²) >= 11 is 0. The van der Waals surface area contributed by atoms with Gasteiger partial charge in [0.25, 0.3) is 0 Å². The predicted molar refractivity (Wildman–Crippen MR) is 44.3 cm³/mol. The van der Waals surface area contributed by atoms with E-state index in [0.717, 1.165) is 13.0 Å². The highest BCUT2D eigenvalue weighted by atomic mass is 28.3. The second-order valence-electron chi connectivity index (χ2n) is 2.13. The van der Waals surface area contributed by atoms with Gasteiger partial charge in [-0.25, -0.2) is 0 Å². The van der Waals surface area contributed by atoms with Crippen LogP contribution in [0, 0.1) is 0 Å². The number of allylic oxidation sites excluding steroid dienone is 1. The molecule has 0 radical (unpaired) electrons. The molecule has 1 atom stereocenters. The number of hydrogen-bond donors (Lipinski definition) is 0. The summed E-state index contributed by atoms with van der Waals surface area (Å²) in [6.45, 7) is 8.82. The molecular weight excluding hydrogens is 128 g/mol. The summed E-state index contributed by atoms with van der Waals surface area (Å²) in [6.07, 6.45) is 3.08. The van der Waals surface area contributed by atoms with Crippen LogP contribution in [0.1, 0.15) is 13.3 Å². The Morgan fingerprint density at radius 1 is 1.67 bits per heavy atom. The smallest absolute Gasteiger partial charge is 0.174 e. The van der Waals surface area contributed by atoms with Crippen molar-refractivity contribution >= 4 is 9.04 Å². The van der Waals surface area contributed by atoms with Crippen molar-refractivity contribution in [3.8, 4) is 0 Å². The van der Waals surface area contributed by atoms with Crippen molar-refractivity contribution in [1.82, 2.24) is 0 Å². The molecule has 0 bridgehead atoms. The molecule has 0 aromatic heterocycles. The maximum atomic E-state index is 5.44. The Kier molecular flexibility index (Phi) is 5.99. The zero-order chi connectivity index (χ0) is 7.11. The first-order valence-electron chi connectivity index (χ1n) is 3.53. The highest BCUT2D eigenvalue weighted by Crippen LogP contribution is 1.98. The Morgan fingerprint density at radius 3 is 2.78 bits per heavy atom. The molecule has 0 rings (SSSR count). The lowest BCUT2D eigenvalue weighted by atomic mass is 10.5. The van der Waals surface area contributed by atoms with Crippen molar-refractivity contribution in [1.29, 1.82) is 0 Å². The third-order valence-electron chi connectivity index (χ3n) is 1.23. The highest BCUT2D eigenvalue weighted by Gasteiger charge is 1.99. The van der Waals surface area contributed by atoms with Crippen LogP contribution < -0.4 is 0 Å². The molecule has 1 nitrogen and oxygen atoms in total. The number of rotatable bonds is 5. The topological polar surface area (TPSA) is 9.23 Å². The van der Waals surface area contributed by atoms with Gasteiger partial charge in [0.1, 0.15) is 0 Å². The standard InChI is InChI=1S/C7H16OSi/c1-4-6-7-9(3)8-5-2/h4,9H,1,5-7H2,2-3H3. The van der Waals surface area contributed by atoms with E-state index in [2.05, 4.69) is 20.0 Å². The molecule has 0 aliphatic carbocycles. The fourth-order valence-electron chi connectivity index (χ4n) is 0.720. The molecule has 0 spiro atoms. The van der Waals surface area contributed by atoms with Gasteiger partial charge in [0.2, 0.25) is 0 Å². The van der Waals surface area contributed by atoms with E-state index in [4.69, 9.17) is 4.43 Å². The van der Waals surface area contributed by atoms with Crippen molar-refractivity contribution in [2.24, 2.45) is 0 Å². The molecule has 0 amide bonds.